The van der Waals surface area contributed by atoms with E-state index in [-0.39, 0.29) is 12.4 Å². The number of nitrogens with one attached hydrogen (secondary N) is 1. The standard InChI is InChI=1S/C16H15ClN2O6/c1-22-13-5-3-10(17)7-12(13)19-15(20)8-18-24-9-11-4-6-14(25-11)16(21)23-2/h3-8H,9H2,1-2H3,(H,19,20)/b18-8-. The van der Waals surface area contributed by atoms with Crippen LogP contribution < -0.4 is 10.1 Å². The van der Waals surface area contributed by atoms with Crippen molar-refractivity contribution in [2.45, 2.75) is 6.61 Å². The Balaban J connectivity index is 1.86. The first-order valence-electron chi connectivity index (χ1n) is 7.00. The summed E-state index contributed by atoms with van der Waals surface area (Å²) < 4.78 is 14.8. The Morgan fingerprint density at radius 3 is 2.80 bits per heavy atom. The summed E-state index contributed by atoms with van der Waals surface area (Å²) in [5, 5.41) is 6.54. The van der Waals surface area contributed by atoms with Gasteiger partial charge >= 0.3 is 5.97 Å². The molecule has 1 aromatic carbocycles. The van der Waals surface area contributed by atoms with E-state index in [1.807, 2.05) is 0 Å². The van der Waals surface area contributed by atoms with Crippen LogP contribution in [0.25, 0.3) is 0 Å². The molecule has 0 aliphatic heterocycles. The Morgan fingerprint density at radius 1 is 1.28 bits per heavy atom. The van der Waals surface area contributed by atoms with Gasteiger partial charge in [0.05, 0.1) is 19.9 Å². The summed E-state index contributed by atoms with van der Waals surface area (Å²) >= 11 is 5.88. The molecule has 0 aliphatic carbocycles. The van der Waals surface area contributed by atoms with Crippen molar-refractivity contribution < 1.29 is 28.3 Å². The van der Waals surface area contributed by atoms with Crippen molar-refractivity contribution in [3.8, 4) is 5.75 Å². The van der Waals surface area contributed by atoms with Crippen LogP contribution in [0.2, 0.25) is 5.02 Å². The molecule has 0 bridgehead atoms. The largest absolute Gasteiger partial charge is 0.495 e. The fourth-order valence-electron chi connectivity index (χ4n) is 1.79. The van der Waals surface area contributed by atoms with Gasteiger partial charge in [-0.3, -0.25) is 4.79 Å². The van der Waals surface area contributed by atoms with E-state index in [1.54, 1.807) is 24.3 Å². The summed E-state index contributed by atoms with van der Waals surface area (Å²) in [6, 6.07) is 7.80. The van der Waals surface area contributed by atoms with Crippen LogP contribution in [0.15, 0.2) is 39.9 Å². The van der Waals surface area contributed by atoms with Crippen LogP contribution in [-0.2, 0) is 21.0 Å². The minimum Gasteiger partial charge on any atom is -0.495 e. The van der Waals surface area contributed by atoms with Gasteiger partial charge in [-0.15, -0.1) is 0 Å². The van der Waals surface area contributed by atoms with Gasteiger partial charge in [0.2, 0.25) is 5.76 Å². The fourth-order valence-corrected chi connectivity index (χ4v) is 1.97. The summed E-state index contributed by atoms with van der Waals surface area (Å²) in [6.07, 6.45) is 0.949. The van der Waals surface area contributed by atoms with Crippen molar-refractivity contribution in [2.24, 2.45) is 5.16 Å². The number of rotatable bonds is 7. The molecule has 0 atom stereocenters. The Kier molecular flexibility index (Phi) is 6.41. The first-order valence-corrected chi connectivity index (χ1v) is 7.38. The molecule has 2 aromatic rings. The van der Waals surface area contributed by atoms with Gasteiger partial charge in [0.1, 0.15) is 17.7 Å². The molecule has 25 heavy (non-hydrogen) atoms. The Labute approximate surface area is 148 Å². The lowest BCUT2D eigenvalue weighted by Gasteiger charge is -2.08. The average Bonchev–Trinajstić information content (AvgIpc) is 3.07. The van der Waals surface area contributed by atoms with Crippen LogP contribution >= 0.6 is 11.6 Å². The predicted molar refractivity (Wildman–Crippen MR) is 90.0 cm³/mol. The first kappa shape index (κ1) is 18.3. The minimum atomic E-state index is -0.593. The zero-order chi connectivity index (χ0) is 18.2. The maximum atomic E-state index is 11.8. The predicted octanol–water partition coefficient (Wildman–Crippen LogP) is 2.87. The third kappa shape index (κ3) is 5.25. The average molecular weight is 367 g/mol. The molecule has 0 saturated carbocycles. The molecule has 2 rings (SSSR count). The Hall–Kier alpha value is -3.00. The Morgan fingerprint density at radius 2 is 2.08 bits per heavy atom. The SMILES string of the molecule is COC(=O)c1ccc(CO/N=C\C(=O)Nc2cc(Cl)ccc2OC)o1. The highest BCUT2D eigenvalue weighted by molar-refractivity contribution is 6.33. The number of carbonyl (C=O) groups excluding carboxylic acids is 2. The third-order valence-corrected chi connectivity index (χ3v) is 3.15. The van der Waals surface area contributed by atoms with Gasteiger partial charge in [-0.05, 0) is 30.3 Å². The number of halogens is 1. The monoisotopic (exact) mass is 366 g/mol. The second kappa shape index (κ2) is 8.74. The number of oxime groups is 1. The molecule has 1 N–H and O–H groups in total. The molecular formula is C16H15ClN2O6. The normalized spacial score (nSPS) is 10.5. The van der Waals surface area contributed by atoms with Crippen LogP contribution in [-0.4, -0.2) is 32.3 Å². The topological polar surface area (TPSA) is 99.4 Å². The molecule has 9 heteroatoms. The number of hydrogen-bond acceptors (Lipinski definition) is 7. The quantitative estimate of drug-likeness (QED) is 0.459. The number of amides is 1. The molecule has 132 valence electrons. The second-order valence-electron chi connectivity index (χ2n) is 4.60. The molecule has 0 saturated heterocycles. The third-order valence-electron chi connectivity index (χ3n) is 2.92. The molecule has 8 nitrogen and oxygen atoms in total. The van der Waals surface area contributed by atoms with Crippen LogP contribution in [0.3, 0.4) is 0 Å². The van der Waals surface area contributed by atoms with Crippen molar-refractivity contribution in [3.05, 3.63) is 46.9 Å². The van der Waals surface area contributed by atoms with E-state index in [2.05, 4.69) is 15.2 Å². The molecule has 1 amide bonds. The lowest BCUT2D eigenvalue weighted by molar-refractivity contribution is -0.110. The van der Waals surface area contributed by atoms with Crippen molar-refractivity contribution in [1.29, 1.82) is 0 Å². The van der Waals surface area contributed by atoms with Gasteiger partial charge in [0, 0.05) is 5.02 Å². The highest BCUT2D eigenvalue weighted by Gasteiger charge is 2.11. The number of carbonyl (C=O) groups is 2. The highest BCUT2D eigenvalue weighted by atomic mass is 35.5. The maximum Gasteiger partial charge on any atom is 0.373 e. The van der Waals surface area contributed by atoms with Gasteiger partial charge in [-0.1, -0.05) is 16.8 Å². The minimum absolute atomic E-state index is 0.0517. The Bertz CT molecular complexity index is 787. The van der Waals surface area contributed by atoms with Gasteiger partial charge in [0.15, 0.2) is 6.61 Å². The van der Waals surface area contributed by atoms with E-state index in [0.29, 0.717) is 22.2 Å². The van der Waals surface area contributed by atoms with Crippen LogP contribution in [0.1, 0.15) is 16.3 Å². The zero-order valence-corrected chi connectivity index (χ0v) is 14.2. The summed E-state index contributed by atoms with van der Waals surface area (Å²) in [5.74, 6) is -0.261. The van der Waals surface area contributed by atoms with Gasteiger partial charge in [-0.25, -0.2) is 4.79 Å². The summed E-state index contributed by atoms with van der Waals surface area (Å²) in [4.78, 5) is 28.0. The molecule has 0 spiro atoms. The van der Waals surface area contributed by atoms with Crippen LogP contribution in [0.5, 0.6) is 5.75 Å². The van der Waals surface area contributed by atoms with Crippen LogP contribution in [0.4, 0.5) is 5.69 Å². The van der Waals surface area contributed by atoms with E-state index in [4.69, 9.17) is 25.6 Å². The van der Waals surface area contributed by atoms with Crippen molar-refractivity contribution in [3.63, 3.8) is 0 Å². The summed E-state index contributed by atoms with van der Waals surface area (Å²) in [5.41, 5.74) is 0.403. The lowest BCUT2D eigenvalue weighted by atomic mass is 10.3. The second-order valence-corrected chi connectivity index (χ2v) is 5.04. The van der Waals surface area contributed by atoms with E-state index < -0.39 is 11.9 Å². The molecular weight excluding hydrogens is 352 g/mol. The highest BCUT2D eigenvalue weighted by Crippen LogP contribution is 2.27. The molecule has 0 aliphatic rings. The van der Waals surface area contributed by atoms with Crippen molar-refractivity contribution in [2.75, 3.05) is 19.5 Å². The smallest absolute Gasteiger partial charge is 0.373 e. The number of benzene rings is 1. The van der Waals surface area contributed by atoms with Gasteiger partial charge < -0.3 is 24.0 Å². The van der Waals surface area contributed by atoms with Crippen molar-refractivity contribution in [1.82, 2.24) is 0 Å². The van der Waals surface area contributed by atoms with E-state index in [1.165, 1.54) is 20.3 Å². The fraction of sp³-hybridized carbons (Fsp3) is 0.188. The number of anilines is 1. The zero-order valence-electron chi connectivity index (χ0n) is 13.4. The molecule has 1 aromatic heterocycles. The molecule has 0 unspecified atom stereocenters. The van der Waals surface area contributed by atoms with E-state index in [9.17, 15) is 9.59 Å². The number of nitrogens with zero attached hydrogens (tertiary/aromatic N) is 1. The van der Waals surface area contributed by atoms with Gasteiger partial charge in [-0.2, -0.15) is 0 Å². The first-order chi connectivity index (χ1) is 12.0. The lowest BCUT2D eigenvalue weighted by Crippen LogP contribution is -2.13. The van der Waals surface area contributed by atoms with E-state index in [0.717, 1.165) is 6.21 Å². The number of ether oxygens (including phenoxy) is 2. The number of esters is 1. The van der Waals surface area contributed by atoms with Crippen molar-refractivity contribution >= 4 is 35.4 Å². The number of furan rings is 1. The summed E-state index contributed by atoms with van der Waals surface area (Å²) in [6.45, 7) is -0.0543. The van der Waals surface area contributed by atoms with Gasteiger partial charge in [0.25, 0.3) is 5.91 Å². The number of hydrogen-bond donors (Lipinski definition) is 1. The van der Waals surface area contributed by atoms with E-state index >= 15 is 0 Å². The molecule has 1 heterocycles. The maximum absolute atomic E-state index is 11.8. The molecule has 0 radical (unpaired) electrons. The summed E-state index contributed by atoms with van der Waals surface area (Å²) in [7, 11) is 2.72. The molecule has 0 fully saturated rings. The van der Waals surface area contributed by atoms with Crippen LogP contribution in [0, 0.1) is 0 Å². The number of methoxy groups -OCH3 is 2.